The highest BCUT2D eigenvalue weighted by Crippen LogP contribution is 2.31. The van der Waals surface area contributed by atoms with Crippen molar-refractivity contribution in [2.24, 2.45) is 5.92 Å². The van der Waals surface area contributed by atoms with Crippen molar-refractivity contribution in [3.8, 4) is 5.69 Å². The number of carbonyl (C=O) groups excluding carboxylic acids is 1. The van der Waals surface area contributed by atoms with Gasteiger partial charge >= 0.3 is 0 Å². The molecule has 0 spiro atoms. The Balaban J connectivity index is 1.44. The van der Waals surface area contributed by atoms with Crippen LogP contribution >= 0.6 is 0 Å². The standard InChI is InChI=1S/C30H36N6O/c1-5-25(23-12-8-6-9-13-23)30(37)35-18-16-34(17-19-35)28-27-22(4)33-36(24-14-10-7-11-15-24)29(27)32-26(31-28)20-21(2)3/h6-15,21,25H,5,16-20H2,1-4H3/t25-/m1/s1. The van der Waals surface area contributed by atoms with E-state index >= 15 is 0 Å². The van der Waals surface area contributed by atoms with Gasteiger partial charge in [0.1, 0.15) is 11.6 Å². The van der Waals surface area contributed by atoms with Crippen molar-refractivity contribution in [3.63, 3.8) is 0 Å². The van der Waals surface area contributed by atoms with E-state index in [0.717, 1.165) is 65.6 Å². The summed E-state index contributed by atoms with van der Waals surface area (Å²) in [4.78, 5) is 27.8. The van der Waals surface area contributed by atoms with Crippen LogP contribution in [0.4, 0.5) is 5.82 Å². The first-order valence-corrected chi connectivity index (χ1v) is 13.4. The van der Waals surface area contributed by atoms with Gasteiger partial charge in [-0.25, -0.2) is 14.6 Å². The minimum absolute atomic E-state index is 0.0949. The van der Waals surface area contributed by atoms with Gasteiger partial charge in [-0.1, -0.05) is 69.3 Å². The maximum Gasteiger partial charge on any atom is 0.230 e. The molecule has 0 aliphatic carbocycles. The second-order valence-corrected chi connectivity index (χ2v) is 10.3. The Labute approximate surface area is 219 Å². The highest BCUT2D eigenvalue weighted by atomic mass is 16.2. The van der Waals surface area contributed by atoms with Gasteiger partial charge in [0, 0.05) is 32.6 Å². The van der Waals surface area contributed by atoms with E-state index in [1.54, 1.807) is 0 Å². The lowest BCUT2D eigenvalue weighted by Crippen LogP contribution is -2.50. The summed E-state index contributed by atoms with van der Waals surface area (Å²) in [5, 5.41) is 5.86. The van der Waals surface area contributed by atoms with Crippen molar-refractivity contribution < 1.29 is 4.79 Å². The maximum absolute atomic E-state index is 13.4. The van der Waals surface area contributed by atoms with E-state index in [9.17, 15) is 4.79 Å². The molecule has 2 aromatic heterocycles. The number of benzene rings is 2. The van der Waals surface area contributed by atoms with Gasteiger partial charge in [-0.05, 0) is 37.0 Å². The third-order valence-corrected chi connectivity index (χ3v) is 7.12. The topological polar surface area (TPSA) is 67.2 Å². The molecule has 3 heterocycles. The van der Waals surface area contributed by atoms with Crippen molar-refractivity contribution >= 4 is 22.8 Å². The fourth-order valence-electron chi connectivity index (χ4n) is 5.24. The number of piperazine rings is 1. The van der Waals surface area contributed by atoms with Crippen LogP contribution in [-0.2, 0) is 11.2 Å². The maximum atomic E-state index is 13.4. The molecule has 1 fully saturated rings. The largest absolute Gasteiger partial charge is 0.352 e. The molecule has 1 amide bonds. The molecule has 7 nitrogen and oxygen atoms in total. The summed E-state index contributed by atoms with van der Waals surface area (Å²) in [5.74, 6) is 2.33. The first kappa shape index (κ1) is 24.9. The van der Waals surface area contributed by atoms with Crippen LogP contribution < -0.4 is 4.90 Å². The average Bonchev–Trinajstić information content (AvgIpc) is 3.25. The van der Waals surface area contributed by atoms with Crippen LogP contribution in [0, 0.1) is 12.8 Å². The Morgan fingerprint density at radius 3 is 2.19 bits per heavy atom. The molecule has 0 radical (unpaired) electrons. The van der Waals surface area contributed by atoms with E-state index < -0.39 is 0 Å². The molecule has 1 atom stereocenters. The molecule has 1 aliphatic rings. The monoisotopic (exact) mass is 496 g/mol. The van der Waals surface area contributed by atoms with Crippen LogP contribution in [0.5, 0.6) is 0 Å². The SMILES string of the molecule is CC[C@@H](C(=O)N1CCN(c2nc(CC(C)C)nc3c2c(C)nn3-c2ccccc2)CC1)c1ccccc1. The number of hydrogen-bond donors (Lipinski definition) is 0. The van der Waals surface area contributed by atoms with Crippen molar-refractivity contribution in [1.82, 2.24) is 24.6 Å². The van der Waals surface area contributed by atoms with E-state index in [-0.39, 0.29) is 11.8 Å². The second-order valence-electron chi connectivity index (χ2n) is 10.3. The zero-order valence-corrected chi connectivity index (χ0v) is 22.3. The molecule has 0 saturated carbocycles. The van der Waals surface area contributed by atoms with Gasteiger partial charge < -0.3 is 9.80 Å². The van der Waals surface area contributed by atoms with Crippen molar-refractivity contribution in [3.05, 3.63) is 77.7 Å². The molecule has 5 rings (SSSR count). The lowest BCUT2D eigenvalue weighted by Gasteiger charge is -2.37. The van der Waals surface area contributed by atoms with Crippen LogP contribution in [-0.4, -0.2) is 56.7 Å². The molecule has 37 heavy (non-hydrogen) atoms. The zero-order valence-electron chi connectivity index (χ0n) is 22.3. The van der Waals surface area contributed by atoms with Gasteiger partial charge in [-0.2, -0.15) is 5.10 Å². The number of anilines is 1. The van der Waals surface area contributed by atoms with E-state index in [2.05, 4.69) is 49.9 Å². The van der Waals surface area contributed by atoms with E-state index in [0.29, 0.717) is 19.0 Å². The lowest BCUT2D eigenvalue weighted by molar-refractivity contribution is -0.133. The Morgan fingerprint density at radius 1 is 0.919 bits per heavy atom. The molecule has 192 valence electrons. The van der Waals surface area contributed by atoms with E-state index in [1.165, 1.54) is 0 Å². The lowest BCUT2D eigenvalue weighted by atomic mass is 9.95. The van der Waals surface area contributed by atoms with Crippen LogP contribution in [0.3, 0.4) is 0 Å². The molecule has 4 aromatic rings. The highest BCUT2D eigenvalue weighted by Gasteiger charge is 2.30. The van der Waals surface area contributed by atoms with Gasteiger partial charge in [0.05, 0.1) is 22.7 Å². The third kappa shape index (κ3) is 5.08. The van der Waals surface area contributed by atoms with Gasteiger partial charge in [0.25, 0.3) is 0 Å². The summed E-state index contributed by atoms with van der Waals surface area (Å²) >= 11 is 0. The van der Waals surface area contributed by atoms with Gasteiger partial charge in [-0.3, -0.25) is 4.79 Å². The number of amides is 1. The fourth-order valence-corrected chi connectivity index (χ4v) is 5.24. The number of fused-ring (bicyclic) bond motifs is 1. The molecule has 0 N–H and O–H groups in total. The highest BCUT2D eigenvalue weighted by molar-refractivity contribution is 5.91. The van der Waals surface area contributed by atoms with E-state index in [4.69, 9.17) is 15.1 Å². The normalized spacial score (nSPS) is 14.9. The predicted octanol–water partition coefficient (Wildman–Crippen LogP) is 5.16. The zero-order chi connectivity index (χ0) is 25.9. The predicted molar refractivity (Wildman–Crippen MR) is 148 cm³/mol. The number of aryl methyl sites for hydroxylation is 1. The Bertz CT molecular complexity index is 1360. The smallest absolute Gasteiger partial charge is 0.230 e. The molecular formula is C30H36N6O. The summed E-state index contributed by atoms with van der Waals surface area (Å²) in [6, 6.07) is 20.3. The number of hydrogen-bond acceptors (Lipinski definition) is 5. The van der Waals surface area contributed by atoms with Gasteiger partial charge in [0.2, 0.25) is 5.91 Å². The number of aromatic nitrogens is 4. The Morgan fingerprint density at radius 2 is 1.57 bits per heavy atom. The van der Waals surface area contributed by atoms with Crippen LogP contribution in [0.15, 0.2) is 60.7 Å². The van der Waals surface area contributed by atoms with Crippen LogP contribution in [0.25, 0.3) is 16.7 Å². The van der Waals surface area contributed by atoms with Gasteiger partial charge in [-0.15, -0.1) is 0 Å². The van der Waals surface area contributed by atoms with Crippen molar-refractivity contribution in [1.29, 1.82) is 0 Å². The summed E-state index contributed by atoms with van der Waals surface area (Å²) in [7, 11) is 0. The summed E-state index contributed by atoms with van der Waals surface area (Å²) < 4.78 is 1.94. The number of nitrogens with zero attached hydrogens (tertiary/aromatic N) is 6. The molecule has 1 saturated heterocycles. The van der Waals surface area contributed by atoms with Crippen LogP contribution in [0.1, 0.15) is 50.2 Å². The Hall–Kier alpha value is -3.74. The van der Waals surface area contributed by atoms with Crippen molar-refractivity contribution in [2.45, 2.75) is 46.5 Å². The summed E-state index contributed by atoms with van der Waals surface area (Å²) in [5.41, 5.74) is 3.84. The molecule has 0 unspecified atom stereocenters. The van der Waals surface area contributed by atoms with Crippen LogP contribution in [0.2, 0.25) is 0 Å². The minimum atomic E-state index is -0.0949. The summed E-state index contributed by atoms with van der Waals surface area (Å²) in [6.45, 7) is 11.3. The third-order valence-electron chi connectivity index (χ3n) is 7.12. The number of rotatable bonds is 7. The van der Waals surface area contributed by atoms with Gasteiger partial charge in [0.15, 0.2) is 5.65 Å². The second kappa shape index (κ2) is 10.7. The molecular weight excluding hydrogens is 460 g/mol. The molecule has 2 aromatic carbocycles. The molecule has 1 aliphatic heterocycles. The number of para-hydroxylation sites is 1. The number of carbonyl (C=O) groups is 1. The molecule has 0 bridgehead atoms. The fraction of sp³-hybridized carbons (Fsp3) is 0.400. The first-order chi connectivity index (χ1) is 18.0. The van der Waals surface area contributed by atoms with E-state index in [1.807, 2.05) is 52.9 Å². The first-order valence-electron chi connectivity index (χ1n) is 13.4. The average molecular weight is 497 g/mol. The minimum Gasteiger partial charge on any atom is -0.352 e. The molecule has 7 heteroatoms. The quantitative estimate of drug-likeness (QED) is 0.353. The van der Waals surface area contributed by atoms with Crippen molar-refractivity contribution in [2.75, 3.05) is 31.1 Å². The summed E-state index contributed by atoms with van der Waals surface area (Å²) in [6.07, 6.45) is 1.60. The Kier molecular flexibility index (Phi) is 7.22.